The molecular formula is C15H18N2O2. The largest absolute Gasteiger partial charge is 0.347 e. The van der Waals surface area contributed by atoms with E-state index in [-0.39, 0.29) is 23.8 Å². The number of nitrogens with zero attached hydrogens (tertiary/aromatic N) is 1. The summed E-state index contributed by atoms with van der Waals surface area (Å²) < 4.78 is 0. The van der Waals surface area contributed by atoms with Gasteiger partial charge >= 0.3 is 0 Å². The summed E-state index contributed by atoms with van der Waals surface area (Å²) in [5, 5.41) is 3.01. The van der Waals surface area contributed by atoms with E-state index < -0.39 is 0 Å². The summed E-state index contributed by atoms with van der Waals surface area (Å²) in [4.78, 5) is 25.8. The second kappa shape index (κ2) is 5.03. The lowest BCUT2D eigenvalue weighted by atomic mass is 10.2. The maximum Gasteiger partial charge on any atom is 0.251 e. The molecule has 100 valence electrons. The predicted octanol–water partition coefficient (Wildman–Crippen LogP) is 1.43. The average molecular weight is 258 g/mol. The van der Waals surface area contributed by atoms with Gasteiger partial charge in [-0.15, -0.1) is 0 Å². The Morgan fingerprint density at radius 2 is 1.84 bits per heavy atom. The van der Waals surface area contributed by atoms with E-state index in [1.54, 1.807) is 12.1 Å². The van der Waals surface area contributed by atoms with Crippen LogP contribution >= 0.6 is 0 Å². The summed E-state index contributed by atoms with van der Waals surface area (Å²) in [5.74, 6) is 0.492. The first kappa shape index (κ1) is 12.2. The van der Waals surface area contributed by atoms with E-state index in [1.165, 1.54) is 0 Å². The van der Waals surface area contributed by atoms with Gasteiger partial charge < -0.3 is 10.2 Å². The summed E-state index contributed by atoms with van der Waals surface area (Å²) in [5.41, 5.74) is 0.675. The molecule has 0 aromatic heterocycles. The number of amides is 2. The molecule has 4 heteroatoms. The maximum atomic E-state index is 12.0. The van der Waals surface area contributed by atoms with E-state index in [1.807, 2.05) is 23.1 Å². The minimum Gasteiger partial charge on any atom is -0.347 e. The topological polar surface area (TPSA) is 49.4 Å². The molecule has 19 heavy (non-hydrogen) atoms. The molecule has 1 atom stereocenters. The Labute approximate surface area is 112 Å². The molecule has 2 amide bonds. The lowest BCUT2D eigenvalue weighted by molar-refractivity contribution is -0.131. The van der Waals surface area contributed by atoms with Crippen LogP contribution in [-0.4, -0.2) is 35.8 Å². The minimum atomic E-state index is -0.0497. The van der Waals surface area contributed by atoms with E-state index in [2.05, 4.69) is 5.32 Å². The van der Waals surface area contributed by atoms with Crippen molar-refractivity contribution in [2.75, 3.05) is 13.1 Å². The van der Waals surface area contributed by atoms with Crippen molar-refractivity contribution in [3.8, 4) is 0 Å². The smallest absolute Gasteiger partial charge is 0.251 e. The number of hydrogen-bond acceptors (Lipinski definition) is 2. The van der Waals surface area contributed by atoms with Crippen LogP contribution in [0.15, 0.2) is 30.3 Å². The van der Waals surface area contributed by atoms with Crippen molar-refractivity contribution in [1.29, 1.82) is 0 Å². The molecule has 1 saturated carbocycles. The summed E-state index contributed by atoms with van der Waals surface area (Å²) >= 11 is 0. The lowest BCUT2D eigenvalue weighted by Crippen LogP contribution is -2.38. The normalized spacial score (nSPS) is 22.3. The van der Waals surface area contributed by atoms with Crippen LogP contribution in [0, 0.1) is 5.92 Å². The second-order valence-electron chi connectivity index (χ2n) is 5.38. The van der Waals surface area contributed by atoms with E-state index >= 15 is 0 Å². The first-order chi connectivity index (χ1) is 9.24. The molecular weight excluding hydrogens is 240 g/mol. The molecule has 1 heterocycles. The molecule has 2 aliphatic rings. The minimum absolute atomic E-state index is 0.0497. The van der Waals surface area contributed by atoms with Crippen molar-refractivity contribution in [3.63, 3.8) is 0 Å². The van der Waals surface area contributed by atoms with Crippen molar-refractivity contribution < 1.29 is 9.59 Å². The van der Waals surface area contributed by atoms with Crippen LogP contribution in [0.1, 0.15) is 29.6 Å². The highest BCUT2D eigenvalue weighted by atomic mass is 16.2. The Bertz CT molecular complexity index is 482. The van der Waals surface area contributed by atoms with Gasteiger partial charge in [0.2, 0.25) is 5.91 Å². The lowest BCUT2D eigenvalue weighted by Gasteiger charge is -2.16. The number of hydrogen-bond donors (Lipinski definition) is 1. The zero-order valence-electron chi connectivity index (χ0n) is 10.8. The monoisotopic (exact) mass is 258 g/mol. The van der Waals surface area contributed by atoms with Crippen LogP contribution in [0.25, 0.3) is 0 Å². The third kappa shape index (κ3) is 2.78. The molecule has 1 aromatic rings. The number of benzene rings is 1. The van der Waals surface area contributed by atoms with Gasteiger partial charge in [0.1, 0.15) is 0 Å². The second-order valence-corrected chi connectivity index (χ2v) is 5.38. The Kier molecular flexibility index (Phi) is 3.23. The van der Waals surface area contributed by atoms with Gasteiger partial charge in [0, 0.05) is 30.6 Å². The Morgan fingerprint density at radius 3 is 2.53 bits per heavy atom. The standard InChI is InChI=1S/C15H18N2O2/c18-14(11-4-2-1-3-5-11)16-13-8-9-17(10-13)15(19)12-6-7-12/h1-5,12-13H,6-10H2,(H,16,18). The third-order valence-corrected chi connectivity index (χ3v) is 3.80. The van der Waals surface area contributed by atoms with Crippen molar-refractivity contribution in [2.45, 2.75) is 25.3 Å². The van der Waals surface area contributed by atoms with Gasteiger partial charge in [-0.25, -0.2) is 0 Å². The Balaban J connectivity index is 1.54. The van der Waals surface area contributed by atoms with Gasteiger partial charge in [-0.05, 0) is 31.4 Å². The SMILES string of the molecule is O=C(NC1CCN(C(=O)C2CC2)C1)c1ccccc1. The fourth-order valence-electron chi connectivity index (χ4n) is 2.52. The Hall–Kier alpha value is -1.84. The molecule has 1 saturated heterocycles. The predicted molar refractivity (Wildman–Crippen MR) is 71.6 cm³/mol. The third-order valence-electron chi connectivity index (χ3n) is 3.80. The van der Waals surface area contributed by atoms with Gasteiger partial charge in [-0.3, -0.25) is 9.59 Å². The summed E-state index contributed by atoms with van der Waals surface area (Å²) in [6.07, 6.45) is 2.93. The summed E-state index contributed by atoms with van der Waals surface area (Å²) in [6.45, 7) is 1.43. The molecule has 1 unspecified atom stereocenters. The first-order valence-electron chi connectivity index (χ1n) is 6.89. The van der Waals surface area contributed by atoms with Crippen LogP contribution in [0.2, 0.25) is 0 Å². The molecule has 2 fully saturated rings. The van der Waals surface area contributed by atoms with Gasteiger partial charge in [-0.2, -0.15) is 0 Å². The van der Waals surface area contributed by atoms with Crippen molar-refractivity contribution in [3.05, 3.63) is 35.9 Å². The van der Waals surface area contributed by atoms with Crippen LogP contribution in [0.4, 0.5) is 0 Å². The fourth-order valence-corrected chi connectivity index (χ4v) is 2.52. The zero-order valence-corrected chi connectivity index (χ0v) is 10.8. The quantitative estimate of drug-likeness (QED) is 0.891. The van der Waals surface area contributed by atoms with Crippen LogP contribution in [0.3, 0.4) is 0 Å². The summed E-state index contributed by atoms with van der Waals surface area (Å²) in [7, 11) is 0. The van der Waals surface area contributed by atoms with E-state index in [0.29, 0.717) is 12.1 Å². The molecule has 0 spiro atoms. The number of rotatable bonds is 3. The molecule has 1 aliphatic heterocycles. The average Bonchev–Trinajstić information content (AvgIpc) is 3.19. The molecule has 3 rings (SSSR count). The zero-order chi connectivity index (χ0) is 13.2. The van der Waals surface area contributed by atoms with Crippen LogP contribution < -0.4 is 5.32 Å². The highest BCUT2D eigenvalue weighted by Crippen LogP contribution is 2.32. The van der Waals surface area contributed by atoms with Gasteiger partial charge in [0.15, 0.2) is 0 Å². The highest BCUT2D eigenvalue weighted by molar-refractivity contribution is 5.94. The molecule has 1 aliphatic carbocycles. The molecule has 0 radical (unpaired) electrons. The van der Waals surface area contributed by atoms with Crippen molar-refractivity contribution in [2.24, 2.45) is 5.92 Å². The number of likely N-dealkylation sites (tertiary alicyclic amines) is 1. The van der Waals surface area contributed by atoms with E-state index in [4.69, 9.17) is 0 Å². The van der Waals surface area contributed by atoms with Gasteiger partial charge in [-0.1, -0.05) is 18.2 Å². The fraction of sp³-hybridized carbons (Fsp3) is 0.467. The van der Waals surface area contributed by atoms with Crippen LogP contribution in [0.5, 0.6) is 0 Å². The Morgan fingerprint density at radius 1 is 1.11 bits per heavy atom. The molecule has 4 nitrogen and oxygen atoms in total. The molecule has 1 N–H and O–H groups in total. The summed E-state index contributed by atoms with van der Waals surface area (Å²) in [6, 6.07) is 9.30. The number of carbonyl (C=O) groups excluding carboxylic acids is 2. The molecule has 0 bridgehead atoms. The highest BCUT2D eigenvalue weighted by Gasteiger charge is 2.36. The van der Waals surface area contributed by atoms with Crippen molar-refractivity contribution >= 4 is 11.8 Å². The van der Waals surface area contributed by atoms with Gasteiger partial charge in [0.05, 0.1) is 0 Å². The van der Waals surface area contributed by atoms with E-state index in [0.717, 1.165) is 25.8 Å². The van der Waals surface area contributed by atoms with Gasteiger partial charge in [0.25, 0.3) is 5.91 Å². The van der Waals surface area contributed by atoms with E-state index in [9.17, 15) is 9.59 Å². The molecule has 1 aromatic carbocycles. The van der Waals surface area contributed by atoms with Crippen LogP contribution in [-0.2, 0) is 4.79 Å². The number of carbonyl (C=O) groups is 2. The number of nitrogens with one attached hydrogen (secondary N) is 1. The van der Waals surface area contributed by atoms with Crippen molar-refractivity contribution in [1.82, 2.24) is 10.2 Å². The maximum absolute atomic E-state index is 12.0. The first-order valence-corrected chi connectivity index (χ1v) is 6.89.